The van der Waals surface area contributed by atoms with Crippen molar-refractivity contribution in [1.29, 1.82) is 0 Å². The summed E-state index contributed by atoms with van der Waals surface area (Å²) >= 11 is 0. The van der Waals surface area contributed by atoms with Crippen molar-refractivity contribution in [3.05, 3.63) is 101 Å². The number of hydrogen-bond acceptors (Lipinski definition) is 4. The van der Waals surface area contributed by atoms with E-state index >= 15 is 0 Å². The summed E-state index contributed by atoms with van der Waals surface area (Å²) in [6.45, 7) is 4.50. The molecule has 6 heteroatoms. The van der Waals surface area contributed by atoms with Crippen LogP contribution in [0, 0.1) is 0 Å². The van der Waals surface area contributed by atoms with E-state index in [0.717, 1.165) is 16.7 Å². The number of rotatable bonds is 9. The van der Waals surface area contributed by atoms with Gasteiger partial charge in [-0.05, 0) is 42.7 Å². The van der Waals surface area contributed by atoms with Crippen molar-refractivity contribution in [1.82, 2.24) is 5.32 Å². The zero-order valence-corrected chi connectivity index (χ0v) is 18.6. The number of carbonyl (C=O) groups excluding carboxylic acids is 1. The van der Waals surface area contributed by atoms with Gasteiger partial charge in [-0.15, -0.1) is 0 Å². The maximum atomic E-state index is 12.7. The van der Waals surface area contributed by atoms with Gasteiger partial charge in [0, 0.05) is 6.54 Å². The molecule has 0 aliphatic carbocycles. The monoisotopic (exact) mass is 437 g/mol. The Morgan fingerprint density at radius 1 is 0.839 bits per heavy atom. The highest BCUT2D eigenvalue weighted by molar-refractivity contribution is 7.92. The molecule has 3 aromatic rings. The minimum absolute atomic E-state index is 0.0607. The molecule has 162 valence electrons. The maximum absolute atomic E-state index is 12.7. The smallest absolute Gasteiger partial charge is 0.252 e. The first-order chi connectivity index (χ1) is 14.9. The molecule has 0 saturated carbocycles. The summed E-state index contributed by atoms with van der Waals surface area (Å²) in [5.74, 6) is -0.412. The van der Waals surface area contributed by atoms with Crippen LogP contribution in [-0.2, 0) is 34.3 Å². The van der Waals surface area contributed by atoms with Crippen LogP contribution < -0.4 is 5.32 Å². The molecule has 0 fully saturated rings. The number of ether oxygens (including phenoxy) is 1. The normalized spacial score (nSPS) is 11.5. The summed E-state index contributed by atoms with van der Waals surface area (Å²) in [4.78, 5) is 12.8. The maximum Gasteiger partial charge on any atom is 0.252 e. The fraction of sp³-hybridized carbons (Fsp3) is 0.240. The van der Waals surface area contributed by atoms with E-state index in [1.54, 1.807) is 32.0 Å². The van der Waals surface area contributed by atoms with Crippen LogP contribution in [0.25, 0.3) is 0 Å². The third kappa shape index (κ3) is 6.03. The molecule has 1 amide bonds. The lowest BCUT2D eigenvalue weighted by Gasteiger charge is -2.13. The number of amides is 1. The topological polar surface area (TPSA) is 72.5 Å². The van der Waals surface area contributed by atoms with Gasteiger partial charge in [-0.1, -0.05) is 66.7 Å². The summed E-state index contributed by atoms with van der Waals surface area (Å²) in [5, 5.41) is 2.23. The van der Waals surface area contributed by atoms with Gasteiger partial charge in [0.2, 0.25) is 0 Å². The first kappa shape index (κ1) is 22.7. The Labute approximate surface area is 184 Å². The molecular formula is C25H27NO4S. The predicted octanol–water partition coefficient (Wildman–Crippen LogP) is 4.52. The van der Waals surface area contributed by atoms with E-state index in [2.05, 4.69) is 5.32 Å². The zero-order chi connectivity index (χ0) is 22.3. The van der Waals surface area contributed by atoms with Crippen LogP contribution in [0.4, 0.5) is 0 Å². The molecule has 31 heavy (non-hydrogen) atoms. The molecule has 0 spiro atoms. The predicted molar refractivity (Wildman–Crippen MR) is 121 cm³/mol. The average molecular weight is 438 g/mol. The van der Waals surface area contributed by atoms with Gasteiger partial charge in [0.05, 0.1) is 28.9 Å². The summed E-state index contributed by atoms with van der Waals surface area (Å²) < 4.78 is 30.9. The van der Waals surface area contributed by atoms with E-state index in [1.807, 2.05) is 54.6 Å². The molecule has 0 bridgehead atoms. The minimum atomic E-state index is -3.55. The van der Waals surface area contributed by atoms with Gasteiger partial charge in [0.15, 0.2) is 9.84 Å². The number of hydrogen-bond donors (Lipinski definition) is 1. The van der Waals surface area contributed by atoms with Gasteiger partial charge in [-0.25, -0.2) is 8.42 Å². The lowest BCUT2D eigenvalue weighted by Crippen LogP contribution is -2.26. The molecular weight excluding hydrogens is 410 g/mol. The molecule has 3 aromatic carbocycles. The van der Waals surface area contributed by atoms with Crippen molar-refractivity contribution in [2.24, 2.45) is 0 Å². The quantitative estimate of drug-likeness (QED) is 0.534. The van der Waals surface area contributed by atoms with E-state index < -0.39 is 21.0 Å². The third-order valence-corrected chi connectivity index (χ3v) is 7.09. The van der Waals surface area contributed by atoms with Crippen molar-refractivity contribution >= 4 is 15.7 Å². The summed E-state index contributed by atoms with van der Waals surface area (Å²) in [7, 11) is -3.55. The Balaban J connectivity index is 1.62. The Morgan fingerprint density at radius 2 is 1.45 bits per heavy atom. The fourth-order valence-electron chi connectivity index (χ4n) is 3.12. The largest absolute Gasteiger partial charge is 0.372 e. The van der Waals surface area contributed by atoms with Crippen molar-refractivity contribution in [3.8, 4) is 0 Å². The number of carbonyl (C=O) groups is 1. The second kappa shape index (κ2) is 10.4. The van der Waals surface area contributed by atoms with Crippen LogP contribution in [-0.4, -0.2) is 19.6 Å². The summed E-state index contributed by atoms with van der Waals surface area (Å²) in [6, 6.07) is 24.1. The number of sulfone groups is 1. The Hall–Kier alpha value is -2.96. The molecule has 0 radical (unpaired) electrons. The lowest BCUT2D eigenvalue weighted by atomic mass is 10.1. The Morgan fingerprint density at radius 3 is 2.19 bits per heavy atom. The first-order valence-electron chi connectivity index (χ1n) is 10.2. The molecule has 0 aliphatic rings. The molecule has 0 saturated heterocycles. The van der Waals surface area contributed by atoms with E-state index in [4.69, 9.17) is 4.74 Å². The van der Waals surface area contributed by atoms with Gasteiger partial charge < -0.3 is 10.1 Å². The second-order valence-electron chi connectivity index (χ2n) is 7.57. The zero-order valence-electron chi connectivity index (χ0n) is 17.7. The SMILES string of the molecule is CC(C)S(=O)(=O)c1ccccc1C(=O)NCc1cccc(COCc2ccccc2)c1. The van der Waals surface area contributed by atoms with Gasteiger partial charge >= 0.3 is 0 Å². The van der Waals surface area contributed by atoms with Gasteiger partial charge in [-0.2, -0.15) is 0 Å². The van der Waals surface area contributed by atoms with Crippen molar-refractivity contribution in [3.63, 3.8) is 0 Å². The minimum Gasteiger partial charge on any atom is -0.372 e. The van der Waals surface area contributed by atoms with Crippen LogP contribution in [0.15, 0.2) is 83.8 Å². The van der Waals surface area contributed by atoms with Gasteiger partial charge in [0.1, 0.15) is 0 Å². The van der Waals surface area contributed by atoms with E-state index in [0.29, 0.717) is 19.8 Å². The highest BCUT2D eigenvalue weighted by atomic mass is 32.2. The fourth-order valence-corrected chi connectivity index (χ4v) is 4.37. The van der Waals surface area contributed by atoms with E-state index in [1.165, 1.54) is 6.07 Å². The van der Waals surface area contributed by atoms with Crippen molar-refractivity contribution in [2.75, 3.05) is 0 Å². The van der Waals surface area contributed by atoms with Crippen LogP contribution in [0.3, 0.4) is 0 Å². The number of benzene rings is 3. The molecule has 0 unspecified atom stereocenters. The molecule has 0 atom stereocenters. The first-order valence-corrected chi connectivity index (χ1v) is 11.7. The van der Waals surface area contributed by atoms with Crippen LogP contribution in [0.2, 0.25) is 0 Å². The van der Waals surface area contributed by atoms with Crippen LogP contribution >= 0.6 is 0 Å². The Kier molecular flexibility index (Phi) is 7.60. The van der Waals surface area contributed by atoms with Gasteiger partial charge in [0.25, 0.3) is 5.91 Å². The molecule has 5 nitrogen and oxygen atoms in total. The van der Waals surface area contributed by atoms with Crippen molar-refractivity contribution < 1.29 is 17.9 Å². The van der Waals surface area contributed by atoms with Crippen LogP contribution in [0.5, 0.6) is 0 Å². The number of nitrogens with one attached hydrogen (secondary N) is 1. The third-order valence-electron chi connectivity index (χ3n) is 4.88. The lowest BCUT2D eigenvalue weighted by molar-refractivity contribution is 0.0947. The standard InChI is InChI=1S/C25H27NO4S/c1-19(2)31(28,29)24-14-7-6-13-23(24)25(27)26-16-21-11-8-12-22(15-21)18-30-17-20-9-4-3-5-10-20/h3-15,19H,16-18H2,1-2H3,(H,26,27). The average Bonchev–Trinajstić information content (AvgIpc) is 2.78. The van der Waals surface area contributed by atoms with E-state index in [9.17, 15) is 13.2 Å². The van der Waals surface area contributed by atoms with Crippen LogP contribution in [0.1, 0.15) is 40.9 Å². The highest BCUT2D eigenvalue weighted by Crippen LogP contribution is 2.20. The molecule has 1 N–H and O–H groups in total. The second-order valence-corrected chi connectivity index (χ2v) is 10.0. The molecule has 0 heterocycles. The van der Waals surface area contributed by atoms with E-state index in [-0.39, 0.29) is 10.5 Å². The summed E-state index contributed by atoms with van der Waals surface area (Å²) in [6.07, 6.45) is 0. The van der Waals surface area contributed by atoms with Gasteiger partial charge in [-0.3, -0.25) is 4.79 Å². The van der Waals surface area contributed by atoms with Crippen molar-refractivity contribution in [2.45, 2.75) is 43.8 Å². The molecule has 0 aliphatic heterocycles. The molecule has 0 aromatic heterocycles. The Bertz CT molecular complexity index is 1130. The molecule has 3 rings (SSSR count). The summed E-state index contributed by atoms with van der Waals surface area (Å²) in [5.41, 5.74) is 3.20. The highest BCUT2D eigenvalue weighted by Gasteiger charge is 2.25.